The van der Waals surface area contributed by atoms with Crippen LogP contribution in [0.25, 0.3) is 10.8 Å². The number of benzene rings is 2. The Morgan fingerprint density at radius 1 is 1.23 bits per heavy atom. The molecule has 1 unspecified atom stereocenters. The minimum atomic E-state index is -0.534. The molecule has 0 fully saturated rings. The summed E-state index contributed by atoms with van der Waals surface area (Å²) in [6.45, 7) is 0.274. The molecule has 4 nitrogen and oxygen atoms in total. The summed E-state index contributed by atoms with van der Waals surface area (Å²) in [5, 5.41) is 13.2. The lowest BCUT2D eigenvalue weighted by molar-refractivity contribution is 0.126. The van der Waals surface area contributed by atoms with Crippen LogP contribution in [0.15, 0.2) is 60.0 Å². The third-order valence-corrected chi connectivity index (χ3v) is 4.55. The number of thioether (sulfide) groups is 1. The molecule has 1 atom stereocenters. The number of hydrogen-bond donors (Lipinski definition) is 1. The van der Waals surface area contributed by atoms with E-state index in [2.05, 4.69) is 17.1 Å². The summed E-state index contributed by atoms with van der Waals surface area (Å²) in [4.78, 5) is 4.21. The number of aliphatic hydroxyl groups excluding tert-OH is 1. The van der Waals surface area contributed by atoms with Crippen molar-refractivity contribution in [2.45, 2.75) is 11.3 Å². The van der Waals surface area contributed by atoms with Crippen molar-refractivity contribution in [2.75, 3.05) is 12.4 Å². The molecule has 0 saturated heterocycles. The van der Waals surface area contributed by atoms with Crippen LogP contribution >= 0.6 is 11.8 Å². The van der Waals surface area contributed by atoms with Gasteiger partial charge in [-0.25, -0.2) is 4.98 Å². The van der Waals surface area contributed by atoms with E-state index in [0.29, 0.717) is 5.75 Å². The van der Waals surface area contributed by atoms with E-state index in [-0.39, 0.29) is 6.61 Å². The molecular formula is C17H18N2O2S. The van der Waals surface area contributed by atoms with E-state index in [1.54, 1.807) is 6.20 Å². The second-order valence-electron chi connectivity index (χ2n) is 5.11. The zero-order valence-corrected chi connectivity index (χ0v) is 13.2. The van der Waals surface area contributed by atoms with Gasteiger partial charge in [0.25, 0.3) is 0 Å². The van der Waals surface area contributed by atoms with Crippen LogP contribution in [-0.2, 0) is 7.05 Å². The Hall–Kier alpha value is -1.98. The molecule has 0 aliphatic heterocycles. The Morgan fingerprint density at radius 2 is 2.05 bits per heavy atom. The first kappa shape index (κ1) is 14.9. The van der Waals surface area contributed by atoms with Gasteiger partial charge < -0.3 is 14.4 Å². The highest BCUT2D eigenvalue weighted by atomic mass is 32.2. The van der Waals surface area contributed by atoms with Crippen molar-refractivity contribution in [3.05, 3.63) is 54.9 Å². The maximum absolute atomic E-state index is 10.0. The van der Waals surface area contributed by atoms with Crippen LogP contribution in [0.1, 0.15) is 0 Å². The lowest BCUT2D eigenvalue weighted by Crippen LogP contribution is -2.20. The first-order valence-electron chi connectivity index (χ1n) is 7.12. The number of imidazole rings is 1. The zero-order chi connectivity index (χ0) is 15.4. The normalized spacial score (nSPS) is 12.5. The van der Waals surface area contributed by atoms with Crippen LogP contribution in [0.3, 0.4) is 0 Å². The highest BCUT2D eigenvalue weighted by Gasteiger charge is 2.09. The van der Waals surface area contributed by atoms with Crippen LogP contribution in [0.2, 0.25) is 0 Å². The molecular weight excluding hydrogens is 296 g/mol. The molecule has 114 valence electrons. The first-order chi connectivity index (χ1) is 10.7. The molecule has 5 heteroatoms. The van der Waals surface area contributed by atoms with Crippen molar-refractivity contribution in [3.8, 4) is 5.75 Å². The smallest absolute Gasteiger partial charge is 0.167 e. The highest BCUT2D eigenvalue weighted by molar-refractivity contribution is 7.99. The lowest BCUT2D eigenvalue weighted by atomic mass is 10.1. The number of rotatable bonds is 6. The molecule has 0 aliphatic carbocycles. The van der Waals surface area contributed by atoms with Crippen molar-refractivity contribution >= 4 is 22.5 Å². The number of fused-ring (bicyclic) bond motifs is 1. The molecule has 0 spiro atoms. The van der Waals surface area contributed by atoms with E-state index in [0.717, 1.165) is 16.3 Å². The van der Waals surface area contributed by atoms with E-state index in [4.69, 9.17) is 4.74 Å². The SMILES string of the molecule is Cn1ccnc1SCC(O)COc1ccc2ccccc2c1. The number of ether oxygens (including phenoxy) is 1. The lowest BCUT2D eigenvalue weighted by Gasteiger charge is -2.12. The van der Waals surface area contributed by atoms with Crippen molar-refractivity contribution in [3.63, 3.8) is 0 Å². The Morgan fingerprint density at radius 3 is 2.82 bits per heavy atom. The number of hydrogen-bond acceptors (Lipinski definition) is 4. The van der Waals surface area contributed by atoms with Crippen LogP contribution in [0.5, 0.6) is 5.75 Å². The van der Waals surface area contributed by atoms with Gasteiger partial charge in [0.1, 0.15) is 12.4 Å². The summed E-state index contributed by atoms with van der Waals surface area (Å²) in [7, 11) is 1.94. The Labute approximate surface area is 133 Å². The quantitative estimate of drug-likeness (QED) is 0.710. The first-order valence-corrected chi connectivity index (χ1v) is 8.11. The number of aromatic nitrogens is 2. The number of aryl methyl sites for hydroxylation is 1. The minimum Gasteiger partial charge on any atom is -0.491 e. The predicted octanol–water partition coefficient (Wildman–Crippen LogP) is 3.11. The summed E-state index contributed by atoms with van der Waals surface area (Å²) in [6, 6.07) is 14.1. The monoisotopic (exact) mass is 314 g/mol. The summed E-state index contributed by atoms with van der Waals surface area (Å²) in [5.41, 5.74) is 0. The summed E-state index contributed by atoms with van der Waals surface area (Å²) in [6.07, 6.45) is 3.11. The van der Waals surface area contributed by atoms with Crippen molar-refractivity contribution in [2.24, 2.45) is 7.05 Å². The summed E-state index contributed by atoms with van der Waals surface area (Å²) >= 11 is 1.52. The van der Waals surface area contributed by atoms with Crippen molar-refractivity contribution in [1.29, 1.82) is 0 Å². The molecule has 1 aromatic heterocycles. The topological polar surface area (TPSA) is 47.3 Å². The van der Waals surface area contributed by atoms with E-state index in [1.165, 1.54) is 17.1 Å². The minimum absolute atomic E-state index is 0.274. The number of aliphatic hydroxyl groups is 1. The zero-order valence-electron chi connectivity index (χ0n) is 12.3. The van der Waals surface area contributed by atoms with Gasteiger partial charge in [0.2, 0.25) is 0 Å². The molecule has 0 aliphatic rings. The van der Waals surface area contributed by atoms with Gasteiger partial charge in [-0.05, 0) is 22.9 Å². The van der Waals surface area contributed by atoms with Gasteiger partial charge in [0.05, 0.1) is 6.10 Å². The molecule has 0 bridgehead atoms. The van der Waals surface area contributed by atoms with Crippen molar-refractivity contribution in [1.82, 2.24) is 9.55 Å². The maximum Gasteiger partial charge on any atom is 0.167 e. The standard InChI is InChI=1S/C17H18N2O2S/c1-19-9-8-18-17(19)22-12-15(20)11-21-16-7-6-13-4-2-3-5-14(13)10-16/h2-10,15,20H,11-12H2,1H3. The molecule has 0 amide bonds. The molecule has 3 aromatic rings. The maximum atomic E-state index is 10.0. The van der Waals surface area contributed by atoms with Crippen molar-refractivity contribution < 1.29 is 9.84 Å². The van der Waals surface area contributed by atoms with Crippen LogP contribution in [0, 0.1) is 0 Å². The second kappa shape index (κ2) is 6.85. The van der Waals surface area contributed by atoms with Gasteiger partial charge in [0, 0.05) is 25.2 Å². The van der Waals surface area contributed by atoms with Gasteiger partial charge in [0.15, 0.2) is 5.16 Å². The fraction of sp³-hybridized carbons (Fsp3) is 0.235. The van der Waals surface area contributed by atoms with Gasteiger partial charge in [-0.15, -0.1) is 0 Å². The third kappa shape index (κ3) is 3.61. The van der Waals surface area contributed by atoms with E-state index < -0.39 is 6.10 Å². The molecule has 1 heterocycles. The summed E-state index contributed by atoms with van der Waals surface area (Å²) in [5.74, 6) is 1.33. The highest BCUT2D eigenvalue weighted by Crippen LogP contribution is 2.21. The van der Waals surface area contributed by atoms with Crippen LogP contribution in [-0.4, -0.2) is 33.1 Å². The average Bonchev–Trinajstić information content (AvgIpc) is 2.96. The van der Waals surface area contributed by atoms with Gasteiger partial charge >= 0.3 is 0 Å². The second-order valence-corrected chi connectivity index (χ2v) is 6.09. The van der Waals surface area contributed by atoms with E-state index >= 15 is 0 Å². The Bertz CT molecular complexity index is 757. The van der Waals surface area contributed by atoms with Gasteiger partial charge in [-0.1, -0.05) is 42.1 Å². The number of nitrogens with zero attached hydrogens (tertiary/aromatic N) is 2. The Kier molecular flexibility index (Phi) is 4.65. The molecule has 0 saturated carbocycles. The molecule has 1 N–H and O–H groups in total. The third-order valence-electron chi connectivity index (χ3n) is 3.35. The van der Waals surface area contributed by atoms with E-state index in [9.17, 15) is 5.11 Å². The summed E-state index contributed by atoms with van der Waals surface area (Å²) < 4.78 is 7.62. The average molecular weight is 314 g/mol. The van der Waals surface area contributed by atoms with E-state index in [1.807, 2.05) is 48.1 Å². The fourth-order valence-electron chi connectivity index (χ4n) is 2.16. The van der Waals surface area contributed by atoms with Gasteiger partial charge in [-0.3, -0.25) is 0 Å². The van der Waals surface area contributed by atoms with Gasteiger partial charge in [-0.2, -0.15) is 0 Å². The fourth-order valence-corrected chi connectivity index (χ4v) is 3.00. The van der Waals surface area contributed by atoms with Crippen LogP contribution in [0.4, 0.5) is 0 Å². The Balaban J connectivity index is 1.53. The molecule has 22 heavy (non-hydrogen) atoms. The molecule has 2 aromatic carbocycles. The predicted molar refractivity (Wildman–Crippen MR) is 89.4 cm³/mol. The largest absolute Gasteiger partial charge is 0.491 e. The van der Waals surface area contributed by atoms with Crippen LogP contribution < -0.4 is 4.74 Å². The molecule has 3 rings (SSSR count). The molecule has 0 radical (unpaired) electrons.